The Kier molecular flexibility index (Phi) is 12.2. The van der Waals surface area contributed by atoms with Crippen molar-refractivity contribution in [3.05, 3.63) is 99.5 Å². The molecule has 2 saturated heterocycles. The number of nitro benzene ring substituents is 1. The van der Waals surface area contributed by atoms with E-state index in [9.17, 15) is 32.8 Å². The van der Waals surface area contributed by atoms with E-state index in [1.807, 2.05) is 0 Å². The summed E-state index contributed by atoms with van der Waals surface area (Å²) in [5.74, 6) is -1.20. The standard InChI is InChI=1S/C51H60FN7O9S/c1-30(2)35-8-5-6-9-36(35)41-10-7-19-58(41)33-26-51(27-33)17-20-57(21-18-51)32-11-12-37(43(22-32)68-45-25-38-39(52)28-53-47(38)55-49(45)66-4)48(60)56-69(64,65)34-23-42(59(62)63)46-44(24-34)67-29-40(54-46)31-13-15-50(3,61)16-14-31/h5-6,8-9,11-12,22-25,28,30-31,33,40-41,54,61H,7,10,13-21,26-27,29H2,1-4H3,(H,53,55)(H,56,60)/t31-,40-,41+,50-/m1/s1. The van der Waals surface area contributed by atoms with Crippen molar-refractivity contribution in [3.63, 3.8) is 0 Å². The van der Waals surface area contributed by atoms with Crippen LogP contribution in [0.3, 0.4) is 0 Å². The summed E-state index contributed by atoms with van der Waals surface area (Å²) < 4.78 is 62.9. The van der Waals surface area contributed by atoms with E-state index < -0.39 is 42.9 Å². The molecule has 3 aromatic carbocycles. The number of fused-ring (bicyclic) bond motifs is 2. The maximum atomic E-state index is 14.9. The molecule has 10 rings (SSSR count). The highest BCUT2D eigenvalue weighted by Gasteiger charge is 2.50. The first-order valence-electron chi connectivity index (χ1n) is 24.1. The number of sulfonamides is 1. The number of aromatic amines is 1. The molecule has 0 radical (unpaired) electrons. The van der Waals surface area contributed by atoms with Gasteiger partial charge in [0.2, 0.25) is 0 Å². The second-order valence-corrected chi connectivity index (χ2v) is 22.1. The zero-order valence-electron chi connectivity index (χ0n) is 39.4. The summed E-state index contributed by atoms with van der Waals surface area (Å²) in [6, 6.07) is 17.9. The number of carbonyl (C=O) groups excluding carboxylic acids is 1. The van der Waals surface area contributed by atoms with Gasteiger partial charge < -0.3 is 34.5 Å². The van der Waals surface area contributed by atoms with Crippen LogP contribution in [0.15, 0.2) is 71.8 Å². The van der Waals surface area contributed by atoms with Gasteiger partial charge in [0.1, 0.15) is 23.8 Å². The molecule has 2 atom stereocenters. The van der Waals surface area contributed by atoms with Crippen molar-refractivity contribution >= 4 is 44.0 Å². The Morgan fingerprint density at radius 2 is 1.78 bits per heavy atom. The summed E-state index contributed by atoms with van der Waals surface area (Å²) in [5.41, 5.74) is 2.68. The van der Waals surface area contributed by atoms with Gasteiger partial charge in [0.05, 0.1) is 39.5 Å². The van der Waals surface area contributed by atoms with Gasteiger partial charge in [-0.3, -0.25) is 19.8 Å². The van der Waals surface area contributed by atoms with Crippen molar-refractivity contribution in [2.24, 2.45) is 11.3 Å². The minimum atomic E-state index is -4.75. The van der Waals surface area contributed by atoms with E-state index in [4.69, 9.17) is 14.2 Å². The van der Waals surface area contributed by atoms with E-state index in [2.05, 4.69) is 67.9 Å². The highest BCUT2D eigenvalue weighted by Crippen LogP contribution is 2.54. The number of rotatable bonds is 12. The molecule has 18 heteroatoms. The van der Waals surface area contributed by atoms with Crippen LogP contribution in [0.5, 0.6) is 23.1 Å². The second kappa shape index (κ2) is 18.1. The molecule has 4 N–H and O–H groups in total. The minimum absolute atomic E-state index is 0.00584. The molecule has 5 aliphatic rings. The molecule has 69 heavy (non-hydrogen) atoms. The van der Waals surface area contributed by atoms with Crippen molar-refractivity contribution in [1.82, 2.24) is 19.6 Å². The molecule has 366 valence electrons. The predicted octanol–water partition coefficient (Wildman–Crippen LogP) is 9.35. The number of benzene rings is 3. The lowest BCUT2D eigenvalue weighted by atomic mass is 9.59. The molecule has 3 aliphatic heterocycles. The lowest BCUT2D eigenvalue weighted by molar-refractivity contribution is -0.384. The lowest BCUT2D eigenvalue weighted by Crippen LogP contribution is -2.54. The first kappa shape index (κ1) is 46.7. The first-order chi connectivity index (χ1) is 33.0. The number of nitrogens with one attached hydrogen (secondary N) is 3. The van der Waals surface area contributed by atoms with Crippen LogP contribution in [0.25, 0.3) is 11.0 Å². The lowest BCUT2D eigenvalue weighted by Gasteiger charge is -2.56. The number of aromatic nitrogens is 2. The summed E-state index contributed by atoms with van der Waals surface area (Å²) >= 11 is 0. The van der Waals surface area contributed by atoms with Crippen LogP contribution in [0, 0.1) is 27.3 Å². The van der Waals surface area contributed by atoms with E-state index in [0.717, 1.165) is 69.3 Å². The SMILES string of the molecule is COc1nc2[nH]cc(F)c2cc1Oc1cc(N2CCC3(CC2)CC(N2CCC[C@H]2c2ccccc2C(C)C)C3)ccc1C(=O)NS(=O)(=O)c1cc2c(c([N+](=O)[O-])c1)N[C@@H]([C@H]1CC[C@](C)(O)CC1)CO2. The van der Waals surface area contributed by atoms with Crippen molar-refractivity contribution < 1.29 is 41.8 Å². The molecule has 5 aromatic rings. The van der Waals surface area contributed by atoms with Crippen LogP contribution < -0.4 is 29.1 Å². The number of amides is 1. The van der Waals surface area contributed by atoms with Gasteiger partial charge in [0.15, 0.2) is 17.2 Å². The number of nitro groups is 1. The third kappa shape index (κ3) is 9.06. The molecule has 4 fully saturated rings. The van der Waals surface area contributed by atoms with Gasteiger partial charge in [-0.2, -0.15) is 4.98 Å². The molecule has 2 saturated carbocycles. The van der Waals surface area contributed by atoms with E-state index >= 15 is 0 Å². The van der Waals surface area contributed by atoms with Gasteiger partial charge in [-0.25, -0.2) is 17.5 Å². The largest absolute Gasteiger partial charge is 0.489 e. The van der Waals surface area contributed by atoms with Crippen LogP contribution in [0.2, 0.25) is 0 Å². The molecular weight excluding hydrogens is 906 g/mol. The number of ether oxygens (including phenoxy) is 3. The van der Waals surface area contributed by atoms with E-state index in [1.165, 1.54) is 43.2 Å². The molecule has 5 heterocycles. The number of hydrogen-bond acceptors (Lipinski definition) is 13. The van der Waals surface area contributed by atoms with Gasteiger partial charge in [-0.15, -0.1) is 0 Å². The number of piperidine rings is 1. The number of halogens is 1. The van der Waals surface area contributed by atoms with Crippen molar-refractivity contribution in [2.45, 2.75) is 120 Å². The number of carbonyl (C=O) groups is 1. The first-order valence-corrected chi connectivity index (χ1v) is 25.6. The minimum Gasteiger partial charge on any atom is -0.489 e. The van der Waals surface area contributed by atoms with Crippen LogP contribution in [-0.4, -0.2) is 90.3 Å². The van der Waals surface area contributed by atoms with Crippen molar-refractivity contribution in [1.29, 1.82) is 0 Å². The van der Waals surface area contributed by atoms with Gasteiger partial charge in [-0.1, -0.05) is 38.1 Å². The van der Waals surface area contributed by atoms with E-state index in [0.29, 0.717) is 43.7 Å². The quantitative estimate of drug-likeness (QED) is 0.0681. The van der Waals surface area contributed by atoms with Gasteiger partial charge in [-0.05, 0) is 118 Å². The molecule has 1 spiro atoms. The number of nitrogens with zero attached hydrogens (tertiary/aromatic N) is 4. The fourth-order valence-corrected chi connectivity index (χ4v) is 12.7. The summed E-state index contributed by atoms with van der Waals surface area (Å²) in [6.07, 6.45) is 10.3. The summed E-state index contributed by atoms with van der Waals surface area (Å²) in [4.78, 5) is 37.5. The normalized spacial score (nSPS) is 23.8. The Morgan fingerprint density at radius 3 is 2.51 bits per heavy atom. The summed E-state index contributed by atoms with van der Waals surface area (Å²) in [5, 5.41) is 26.2. The average molecular weight is 966 g/mol. The average Bonchev–Trinajstić information content (AvgIpc) is 3.96. The number of pyridine rings is 1. The Balaban J connectivity index is 0.883. The zero-order valence-corrected chi connectivity index (χ0v) is 40.2. The monoisotopic (exact) mass is 965 g/mol. The number of likely N-dealkylation sites (tertiary alicyclic amines) is 1. The van der Waals surface area contributed by atoms with Crippen LogP contribution >= 0.6 is 0 Å². The summed E-state index contributed by atoms with van der Waals surface area (Å²) in [6.45, 7) is 9.09. The van der Waals surface area contributed by atoms with Crippen LogP contribution in [-0.2, 0) is 10.0 Å². The molecular formula is C51H60FN7O9S. The number of aliphatic hydroxyl groups is 1. The molecule has 2 aromatic heterocycles. The fourth-order valence-electron chi connectivity index (χ4n) is 11.7. The van der Waals surface area contributed by atoms with Gasteiger partial charge in [0, 0.05) is 61.3 Å². The maximum Gasteiger partial charge on any atom is 0.297 e. The Hall–Kier alpha value is -5.98. The molecule has 1 amide bonds. The third-order valence-electron chi connectivity index (χ3n) is 15.7. The number of H-pyrrole nitrogens is 1. The van der Waals surface area contributed by atoms with Crippen molar-refractivity contribution in [2.75, 3.05) is 43.6 Å². The number of methoxy groups -OCH3 is 1. The predicted molar refractivity (Wildman–Crippen MR) is 258 cm³/mol. The summed E-state index contributed by atoms with van der Waals surface area (Å²) in [7, 11) is -3.38. The Morgan fingerprint density at radius 1 is 1.03 bits per heavy atom. The second-order valence-electron chi connectivity index (χ2n) is 20.4. The molecule has 0 bridgehead atoms. The Labute approximate surface area is 401 Å². The number of hydrogen-bond donors (Lipinski definition) is 4. The van der Waals surface area contributed by atoms with E-state index in [-0.39, 0.29) is 69.4 Å². The highest BCUT2D eigenvalue weighted by molar-refractivity contribution is 7.90. The van der Waals surface area contributed by atoms with Crippen LogP contribution in [0.4, 0.5) is 21.5 Å². The maximum absolute atomic E-state index is 14.9. The molecule has 2 aliphatic carbocycles. The molecule has 0 unspecified atom stereocenters. The molecule has 16 nitrogen and oxygen atoms in total. The zero-order chi connectivity index (χ0) is 48.4. The third-order valence-corrected chi connectivity index (χ3v) is 17.0. The Bertz CT molecular complexity index is 2900. The van der Waals surface area contributed by atoms with E-state index in [1.54, 1.807) is 19.1 Å². The highest BCUT2D eigenvalue weighted by atomic mass is 32.2. The van der Waals surface area contributed by atoms with Crippen LogP contribution in [0.1, 0.15) is 118 Å². The topological polar surface area (TPSA) is 201 Å². The van der Waals surface area contributed by atoms with Gasteiger partial charge >= 0.3 is 0 Å². The fraction of sp³-hybridized carbons (Fsp3) is 0.490. The number of anilines is 2. The van der Waals surface area contributed by atoms with Crippen molar-refractivity contribution in [3.8, 4) is 23.1 Å². The smallest absolute Gasteiger partial charge is 0.297 e. The van der Waals surface area contributed by atoms with Gasteiger partial charge in [0.25, 0.3) is 27.5 Å².